The van der Waals surface area contributed by atoms with Gasteiger partial charge in [-0.1, -0.05) is 0 Å². The van der Waals surface area contributed by atoms with Crippen molar-refractivity contribution in [2.75, 3.05) is 19.4 Å². The van der Waals surface area contributed by atoms with E-state index < -0.39 is 19.8 Å². The smallest absolute Gasteiger partial charge is 0.308 e. The first-order valence-corrected chi connectivity index (χ1v) is 5.33. The van der Waals surface area contributed by atoms with Gasteiger partial charge < -0.3 is 9.05 Å². The van der Waals surface area contributed by atoms with Crippen LogP contribution in [0.4, 0.5) is 4.39 Å². The Morgan fingerprint density at radius 2 is 1.75 bits per heavy atom. The van der Waals surface area contributed by atoms with Crippen molar-refractivity contribution in [2.45, 2.75) is 13.8 Å². The number of hydrogen-bond acceptors (Lipinski definition) is 4. The van der Waals surface area contributed by atoms with Crippen LogP contribution in [0.1, 0.15) is 13.8 Å². The van der Waals surface area contributed by atoms with Crippen molar-refractivity contribution in [3.8, 4) is 0 Å². The van der Waals surface area contributed by atoms with Gasteiger partial charge in [0.15, 0.2) is 0 Å². The molecule has 0 unspecified atom stereocenters. The van der Waals surface area contributed by atoms with Crippen LogP contribution in [-0.2, 0) is 18.4 Å². The summed E-state index contributed by atoms with van der Waals surface area (Å²) in [6, 6.07) is -1.68. The molecule has 0 amide bonds. The van der Waals surface area contributed by atoms with E-state index in [1.54, 1.807) is 13.8 Å². The Morgan fingerprint density at radius 3 is 2.00 bits per heavy atom. The van der Waals surface area contributed by atoms with E-state index in [2.05, 4.69) is 9.05 Å². The second kappa shape index (κ2) is 5.41. The maximum absolute atomic E-state index is 11.9. The molecule has 72 valence electrons. The highest BCUT2D eigenvalue weighted by molar-refractivity contribution is 7.54. The summed E-state index contributed by atoms with van der Waals surface area (Å²) < 4.78 is 32.5. The maximum atomic E-state index is 11.9. The first kappa shape index (κ1) is 11.8. The Hall–Kier alpha value is -0.250. The molecule has 0 aromatic rings. The molecular formula is C6H12FO4P. The molecule has 0 fully saturated rings. The molecule has 0 heterocycles. The van der Waals surface area contributed by atoms with Crippen molar-refractivity contribution in [1.29, 1.82) is 0 Å². The lowest BCUT2D eigenvalue weighted by molar-refractivity contribution is -0.126. The van der Waals surface area contributed by atoms with Gasteiger partial charge in [0.25, 0.3) is 0 Å². The second-order valence-electron chi connectivity index (χ2n) is 1.96. The Morgan fingerprint density at radius 1 is 1.33 bits per heavy atom. The van der Waals surface area contributed by atoms with E-state index in [0.29, 0.717) is 0 Å². The van der Waals surface area contributed by atoms with Crippen LogP contribution in [0.25, 0.3) is 0 Å². The highest BCUT2D eigenvalue weighted by Gasteiger charge is 2.27. The van der Waals surface area contributed by atoms with Gasteiger partial charge in [-0.25, -0.2) is 0 Å². The molecule has 0 aromatic carbocycles. The lowest BCUT2D eigenvalue weighted by Gasteiger charge is -2.13. The molecule has 0 saturated heterocycles. The average Bonchev–Trinajstić information content (AvgIpc) is 1.85. The van der Waals surface area contributed by atoms with Gasteiger partial charge in [-0.05, 0) is 13.8 Å². The van der Waals surface area contributed by atoms with Crippen LogP contribution in [0.2, 0.25) is 0 Å². The molecule has 0 atom stereocenters. The minimum Gasteiger partial charge on any atom is -0.308 e. The zero-order valence-corrected chi connectivity index (χ0v) is 7.97. The van der Waals surface area contributed by atoms with E-state index in [1.165, 1.54) is 0 Å². The van der Waals surface area contributed by atoms with Gasteiger partial charge in [0.1, 0.15) is 6.16 Å². The van der Waals surface area contributed by atoms with Gasteiger partial charge in [-0.2, -0.15) is 4.39 Å². The molecule has 0 aromatic heterocycles. The normalized spacial score (nSPS) is 11.6. The second-order valence-corrected chi connectivity index (χ2v) is 4.01. The lowest BCUT2D eigenvalue weighted by Crippen LogP contribution is -2.05. The van der Waals surface area contributed by atoms with Crippen LogP contribution in [0, 0.1) is 0 Å². The molecule has 6 heteroatoms. The van der Waals surface area contributed by atoms with E-state index in [9.17, 15) is 13.8 Å². The van der Waals surface area contributed by atoms with Crippen LogP contribution >= 0.6 is 7.60 Å². The fraction of sp³-hybridized carbons (Fsp3) is 0.833. The third kappa shape index (κ3) is 4.59. The zero-order valence-electron chi connectivity index (χ0n) is 7.08. The van der Waals surface area contributed by atoms with Gasteiger partial charge in [0.2, 0.25) is 0 Å². The van der Waals surface area contributed by atoms with Crippen molar-refractivity contribution in [3.63, 3.8) is 0 Å². The standard InChI is InChI=1S/C6H12FO4P/c1-3-10-12(9,11-4-2)5-6(7)8/h3-5H2,1-2H3. The minimum atomic E-state index is -3.50. The number of rotatable bonds is 6. The molecule has 12 heavy (non-hydrogen) atoms. The fourth-order valence-corrected chi connectivity index (χ4v) is 2.02. The lowest BCUT2D eigenvalue weighted by atomic mass is 10.9. The Bertz CT molecular complexity index is 184. The fourth-order valence-electron chi connectivity index (χ4n) is 0.674. The Labute approximate surface area is 70.6 Å². The van der Waals surface area contributed by atoms with Gasteiger partial charge in [0, 0.05) is 0 Å². The number of halogens is 1. The highest BCUT2D eigenvalue weighted by Crippen LogP contribution is 2.47. The molecule has 0 rings (SSSR count). The van der Waals surface area contributed by atoms with Crippen molar-refractivity contribution in [1.82, 2.24) is 0 Å². The van der Waals surface area contributed by atoms with Crippen LogP contribution in [-0.4, -0.2) is 25.4 Å². The van der Waals surface area contributed by atoms with E-state index in [-0.39, 0.29) is 13.2 Å². The van der Waals surface area contributed by atoms with E-state index in [4.69, 9.17) is 0 Å². The number of hydrogen-bond donors (Lipinski definition) is 0. The SMILES string of the molecule is CCOP(=O)(CC(=O)F)OCC. The van der Waals surface area contributed by atoms with Gasteiger partial charge in [0.05, 0.1) is 13.2 Å². The van der Waals surface area contributed by atoms with Crippen molar-refractivity contribution in [2.24, 2.45) is 0 Å². The van der Waals surface area contributed by atoms with Crippen LogP contribution < -0.4 is 0 Å². The van der Waals surface area contributed by atoms with Gasteiger partial charge >= 0.3 is 13.6 Å². The average molecular weight is 198 g/mol. The van der Waals surface area contributed by atoms with Crippen molar-refractivity contribution < 1.29 is 22.8 Å². The summed E-state index contributed by atoms with van der Waals surface area (Å²) in [7, 11) is -3.50. The summed E-state index contributed by atoms with van der Waals surface area (Å²) in [5.74, 6) is 0. The van der Waals surface area contributed by atoms with Crippen LogP contribution in [0.5, 0.6) is 0 Å². The summed E-state index contributed by atoms with van der Waals surface area (Å²) in [6.07, 6.45) is -0.797. The van der Waals surface area contributed by atoms with Crippen LogP contribution in [0.3, 0.4) is 0 Å². The predicted octanol–water partition coefficient (Wildman–Crippen LogP) is 1.75. The molecule has 0 aliphatic heterocycles. The summed E-state index contributed by atoms with van der Waals surface area (Å²) >= 11 is 0. The predicted molar refractivity (Wildman–Crippen MR) is 41.8 cm³/mol. The maximum Gasteiger partial charge on any atom is 0.340 e. The number of carbonyl (C=O) groups is 1. The van der Waals surface area contributed by atoms with E-state index >= 15 is 0 Å². The molecule has 0 N–H and O–H groups in total. The minimum absolute atomic E-state index is 0.130. The quantitative estimate of drug-likeness (QED) is 0.482. The molecular weight excluding hydrogens is 186 g/mol. The molecule has 0 aliphatic carbocycles. The van der Waals surface area contributed by atoms with Crippen molar-refractivity contribution >= 4 is 13.6 Å². The van der Waals surface area contributed by atoms with E-state index in [1.807, 2.05) is 0 Å². The summed E-state index contributed by atoms with van der Waals surface area (Å²) in [5.41, 5.74) is 0. The van der Waals surface area contributed by atoms with Gasteiger partial charge in [-0.3, -0.25) is 9.36 Å². The molecule has 4 nitrogen and oxygen atoms in total. The molecule has 0 radical (unpaired) electrons. The van der Waals surface area contributed by atoms with Gasteiger partial charge in [-0.15, -0.1) is 0 Å². The first-order valence-electron chi connectivity index (χ1n) is 3.60. The third-order valence-electron chi connectivity index (χ3n) is 0.970. The molecule has 0 aliphatic rings. The summed E-state index contributed by atoms with van der Waals surface area (Å²) in [4.78, 5) is 10.0. The molecule has 0 spiro atoms. The van der Waals surface area contributed by atoms with E-state index in [0.717, 1.165) is 0 Å². The van der Waals surface area contributed by atoms with Crippen LogP contribution in [0.15, 0.2) is 0 Å². The summed E-state index contributed by atoms with van der Waals surface area (Å²) in [6.45, 7) is 3.44. The topological polar surface area (TPSA) is 52.6 Å². The largest absolute Gasteiger partial charge is 0.340 e. The Kier molecular flexibility index (Phi) is 5.29. The number of carbonyl (C=O) groups excluding carboxylic acids is 1. The summed E-state index contributed by atoms with van der Waals surface area (Å²) in [5, 5.41) is 0. The van der Waals surface area contributed by atoms with Crippen molar-refractivity contribution in [3.05, 3.63) is 0 Å². The zero-order chi connectivity index (χ0) is 9.61. The first-order chi connectivity index (χ1) is 5.54. The monoisotopic (exact) mass is 198 g/mol. The Balaban J connectivity index is 4.18. The highest BCUT2D eigenvalue weighted by atomic mass is 31.2. The molecule has 0 bridgehead atoms. The molecule has 0 saturated carbocycles. The third-order valence-corrected chi connectivity index (χ3v) is 2.91.